The Kier molecular flexibility index (Phi) is 4.69. The average Bonchev–Trinajstić information content (AvgIpc) is 2.40. The zero-order valence-corrected chi connectivity index (χ0v) is 11.9. The molecule has 2 aromatic rings. The molecule has 0 aliphatic carbocycles. The van der Waals surface area contributed by atoms with E-state index < -0.39 is 0 Å². The molecule has 1 aromatic heterocycles. The van der Waals surface area contributed by atoms with Crippen LogP contribution in [0.25, 0.3) is 0 Å². The van der Waals surface area contributed by atoms with E-state index in [0.717, 1.165) is 14.8 Å². The van der Waals surface area contributed by atoms with Crippen LogP contribution in [0.3, 0.4) is 0 Å². The highest BCUT2D eigenvalue weighted by Crippen LogP contribution is 2.11. The third-order valence-corrected chi connectivity index (χ3v) is 3.21. The van der Waals surface area contributed by atoms with Gasteiger partial charge in [-0.3, -0.25) is 9.78 Å². The zero-order valence-electron chi connectivity index (χ0n) is 9.77. The lowest BCUT2D eigenvalue weighted by Gasteiger charge is -2.05. The van der Waals surface area contributed by atoms with E-state index in [1.165, 1.54) is 0 Å². The highest BCUT2D eigenvalue weighted by molar-refractivity contribution is 14.1. The predicted molar refractivity (Wildman–Crippen MR) is 80.3 cm³/mol. The fraction of sp³-hybridized carbons (Fsp3) is 0.143. The van der Waals surface area contributed by atoms with E-state index in [2.05, 4.69) is 32.9 Å². The quantitative estimate of drug-likeness (QED) is 0.859. The molecule has 0 bridgehead atoms. The summed E-state index contributed by atoms with van der Waals surface area (Å²) in [5.74, 6) is 0.0278. The maximum atomic E-state index is 11.7. The number of benzene rings is 1. The lowest BCUT2D eigenvalue weighted by atomic mass is 10.1. The van der Waals surface area contributed by atoms with Gasteiger partial charge in [0.1, 0.15) is 0 Å². The number of nitrogens with zero attached hydrogens (tertiary/aromatic N) is 1. The smallest absolute Gasteiger partial charge is 0.224 e. The number of anilines is 1. The molecule has 3 nitrogen and oxygen atoms in total. The van der Waals surface area contributed by atoms with Gasteiger partial charge in [-0.15, -0.1) is 0 Å². The largest absolute Gasteiger partial charge is 0.326 e. The molecule has 1 N–H and O–H groups in total. The zero-order chi connectivity index (χ0) is 12.8. The van der Waals surface area contributed by atoms with Crippen molar-refractivity contribution in [1.29, 1.82) is 0 Å². The molecule has 0 unspecified atom stereocenters. The Morgan fingerprint density at radius 3 is 2.67 bits per heavy atom. The summed E-state index contributed by atoms with van der Waals surface area (Å²) in [6.45, 7) is 0. The molecule has 0 saturated carbocycles. The van der Waals surface area contributed by atoms with Crippen molar-refractivity contribution < 1.29 is 4.79 Å². The van der Waals surface area contributed by atoms with E-state index in [0.29, 0.717) is 12.8 Å². The van der Waals surface area contributed by atoms with Gasteiger partial charge >= 0.3 is 0 Å². The number of aromatic nitrogens is 1. The Labute approximate surface area is 120 Å². The monoisotopic (exact) mass is 352 g/mol. The number of rotatable bonds is 4. The number of pyridine rings is 1. The van der Waals surface area contributed by atoms with Crippen LogP contribution < -0.4 is 5.32 Å². The van der Waals surface area contributed by atoms with E-state index in [1.54, 1.807) is 12.4 Å². The van der Waals surface area contributed by atoms with Gasteiger partial charge in [0.05, 0.1) is 0 Å². The predicted octanol–water partition coefficient (Wildman–Crippen LogP) is 3.26. The molecule has 0 fully saturated rings. The van der Waals surface area contributed by atoms with Crippen LogP contribution in [0.4, 0.5) is 5.69 Å². The first-order valence-corrected chi connectivity index (χ1v) is 6.76. The Morgan fingerprint density at radius 2 is 2.00 bits per heavy atom. The van der Waals surface area contributed by atoms with Crippen LogP contribution in [0.1, 0.15) is 12.0 Å². The second-order valence-corrected chi connectivity index (χ2v) is 5.16. The normalized spacial score (nSPS) is 10.1. The molecular weight excluding hydrogens is 339 g/mol. The summed E-state index contributed by atoms with van der Waals surface area (Å²) in [5.41, 5.74) is 1.92. The van der Waals surface area contributed by atoms with Crippen molar-refractivity contribution in [2.75, 3.05) is 5.32 Å². The SMILES string of the molecule is O=C(CCc1cccnc1)Nc1ccc(I)cc1. The number of hydrogen-bond donors (Lipinski definition) is 1. The molecule has 92 valence electrons. The fourth-order valence-corrected chi connectivity index (χ4v) is 1.92. The van der Waals surface area contributed by atoms with Crippen molar-refractivity contribution in [2.45, 2.75) is 12.8 Å². The molecule has 2 rings (SSSR count). The van der Waals surface area contributed by atoms with Gasteiger partial charge in [-0.1, -0.05) is 6.07 Å². The van der Waals surface area contributed by atoms with Gasteiger partial charge < -0.3 is 5.32 Å². The van der Waals surface area contributed by atoms with Gasteiger partial charge in [0.25, 0.3) is 0 Å². The number of amides is 1. The lowest BCUT2D eigenvalue weighted by Crippen LogP contribution is -2.12. The highest BCUT2D eigenvalue weighted by atomic mass is 127. The third-order valence-electron chi connectivity index (χ3n) is 2.49. The second-order valence-electron chi connectivity index (χ2n) is 3.92. The van der Waals surface area contributed by atoms with E-state index in [9.17, 15) is 4.79 Å². The van der Waals surface area contributed by atoms with Crippen LogP contribution in [-0.4, -0.2) is 10.9 Å². The van der Waals surface area contributed by atoms with Crippen molar-refractivity contribution in [1.82, 2.24) is 4.98 Å². The van der Waals surface area contributed by atoms with E-state index in [-0.39, 0.29) is 5.91 Å². The summed E-state index contributed by atoms with van der Waals surface area (Å²) >= 11 is 2.23. The molecule has 0 aliphatic rings. The molecular formula is C14H13IN2O. The van der Waals surface area contributed by atoms with Crippen LogP contribution in [-0.2, 0) is 11.2 Å². The minimum atomic E-state index is 0.0278. The van der Waals surface area contributed by atoms with Crippen molar-refractivity contribution in [2.24, 2.45) is 0 Å². The van der Waals surface area contributed by atoms with Gasteiger partial charge in [-0.2, -0.15) is 0 Å². The Morgan fingerprint density at radius 1 is 1.22 bits per heavy atom. The second kappa shape index (κ2) is 6.49. The van der Waals surface area contributed by atoms with Crippen LogP contribution >= 0.6 is 22.6 Å². The summed E-state index contributed by atoms with van der Waals surface area (Å²) < 4.78 is 1.15. The standard InChI is InChI=1S/C14H13IN2O/c15-12-4-6-13(7-5-12)17-14(18)8-3-11-2-1-9-16-10-11/h1-2,4-7,9-10H,3,8H2,(H,17,18). The van der Waals surface area contributed by atoms with E-state index >= 15 is 0 Å². The molecule has 0 spiro atoms. The number of carbonyl (C=O) groups excluding carboxylic acids is 1. The minimum absolute atomic E-state index is 0.0278. The van der Waals surface area contributed by atoms with E-state index in [4.69, 9.17) is 0 Å². The first-order chi connectivity index (χ1) is 8.74. The molecule has 4 heteroatoms. The van der Waals surface area contributed by atoms with Crippen molar-refractivity contribution in [3.05, 3.63) is 57.9 Å². The van der Waals surface area contributed by atoms with Crippen molar-refractivity contribution in [3.63, 3.8) is 0 Å². The number of halogens is 1. The number of aryl methyl sites for hydroxylation is 1. The third kappa shape index (κ3) is 4.10. The minimum Gasteiger partial charge on any atom is -0.326 e. The molecule has 18 heavy (non-hydrogen) atoms. The summed E-state index contributed by atoms with van der Waals surface area (Å²) in [4.78, 5) is 15.8. The van der Waals surface area contributed by atoms with Gasteiger partial charge in [0.2, 0.25) is 5.91 Å². The number of nitrogens with one attached hydrogen (secondary N) is 1. The van der Waals surface area contributed by atoms with Crippen LogP contribution in [0.2, 0.25) is 0 Å². The average molecular weight is 352 g/mol. The molecule has 1 amide bonds. The van der Waals surface area contributed by atoms with Crippen LogP contribution in [0, 0.1) is 3.57 Å². The highest BCUT2D eigenvalue weighted by Gasteiger charge is 2.03. The number of hydrogen-bond acceptors (Lipinski definition) is 2. The lowest BCUT2D eigenvalue weighted by molar-refractivity contribution is -0.116. The summed E-state index contributed by atoms with van der Waals surface area (Å²) in [7, 11) is 0. The molecule has 1 aromatic carbocycles. The van der Waals surface area contributed by atoms with Gasteiger partial charge in [-0.25, -0.2) is 0 Å². The first kappa shape index (κ1) is 13.0. The summed E-state index contributed by atoms with van der Waals surface area (Å²) in [6.07, 6.45) is 4.70. The van der Waals surface area contributed by atoms with Crippen LogP contribution in [0.5, 0.6) is 0 Å². The Bertz CT molecular complexity index is 511. The maximum absolute atomic E-state index is 11.7. The maximum Gasteiger partial charge on any atom is 0.224 e. The topological polar surface area (TPSA) is 42.0 Å². The molecule has 1 heterocycles. The van der Waals surface area contributed by atoms with E-state index in [1.807, 2.05) is 36.4 Å². The summed E-state index contributed by atoms with van der Waals surface area (Å²) in [5, 5.41) is 2.88. The number of carbonyl (C=O) groups is 1. The summed E-state index contributed by atoms with van der Waals surface area (Å²) in [6, 6.07) is 11.6. The Hall–Kier alpha value is -1.43. The molecule has 0 aliphatic heterocycles. The first-order valence-electron chi connectivity index (χ1n) is 5.68. The van der Waals surface area contributed by atoms with Crippen molar-refractivity contribution >= 4 is 34.2 Å². The Balaban J connectivity index is 1.84. The van der Waals surface area contributed by atoms with Gasteiger partial charge in [0.15, 0.2) is 0 Å². The fourth-order valence-electron chi connectivity index (χ4n) is 1.56. The molecule has 0 saturated heterocycles. The van der Waals surface area contributed by atoms with Gasteiger partial charge in [0, 0.05) is 28.1 Å². The van der Waals surface area contributed by atoms with Gasteiger partial charge in [-0.05, 0) is 64.9 Å². The molecule has 0 atom stereocenters. The molecule has 0 radical (unpaired) electrons. The van der Waals surface area contributed by atoms with Crippen molar-refractivity contribution in [3.8, 4) is 0 Å². The van der Waals surface area contributed by atoms with Crippen LogP contribution in [0.15, 0.2) is 48.8 Å².